The largest absolute Gasteiger partial charge is 0.493 e. The molecule has 5 nitrogen and oxygen atoms in total. The fraction of sp³-hybridized carbons (Fsp3) is 0.214. The van der Waals surface area contributed by atoms with Crippen LogP contribution in [0.4, 0.5) is 0 Å². The Labute approximate surface area is 125 Å². The van der Waals surface area contributed by atoms with Gasteiger partial charge in [0, 0.05) is 16.2 Å². The van der Waals surface area contributed by atoms with E-state index in [4.69, 9.17) is 14.2 Å². The lowest BCUT2D eigenvalue weighted by atomic mass is 10.2. The summed E-state index contributed by atoms with van der Waals surface area (Å²) in [5, 5.41) is 9.37. The summed E-state index contributed by atoms with van der Waals surface area (Å²) >= 11 is 3.30. The summed E-state index contributed by atoms with van der Waals surface area (Å²) < 4.78 is 17.0. The molecule has 0 bridgehead atoms. The standard InChI is InChI=1S/C14H14BrNO4/c1-18-11-4-3-5-12(19-2)13(11)20-14-9(8-17)6-10(15)7-16-14/h3-7,17H,8H2,1-2H3. The summed E-state index contributed by atoms with van der Waals surface area (Å²) in [4.78, 5) is 4.15. The van der Waals surface area contributed by atoms with Crippen molar-refractivity contribution in [1.82, 2.24) is 4.98 Å². The van der Waals surface area contributed by atoms with Crippen LogP contribution < -0.4 is 14.2 Å². The lowest BCUT2D eigenvalue weighted by Crippen LogP contribution is -1.99. The van der Waals surface area contributed by atoms with Gasteiger partial charge < -0.3 is 19.3 Å². The normalized spacial score (nSPS) is 10.2. The van der Waals surface area contributed by atoms with Gasteiger partial charge >= 0.3 is 0 Å². The first kappa shape index (κ1) is 14.6. The van der Waals surface area contributed by atoms with E-state index in [0.29, 0.717) is 28.7 Å². The molecule has 0 aliphatic heterocycles. The molecule has 0 radical (unpaired) electrons. The van der Waals surface area contributed by atoms with E-state index < -0.39 is 0 Å². The predicted molar refractivity (Wildman–Crippen MR) is 77.5 cm³/mol. The summed E-state index contributed by atoms with van der Waals surface area (Å²) in [7, 11) is 3.09. The fourth-order valence-electron chi connectivity index (χ4n) is 1.69. The number of hydrogen-bond acceptors (Lipinski definition) is 5. The third kappa shape index (κ3) is 3.02. The molecular formula is C14H14BrNO4. The Morgan fingerprint density at radius 1 is 1.20 bits per heavy atom. The van der Waals surface area contributed by atoms with Gasteiger partial charge in [-0.1, -0.05) is 6.07 Å². The number of halogens is 1. The van der Waals surface area contributed by atoms with Crippen molar-refractivity contribution in [2.45, 2.75) is 6.61 Å². The molecule has 1 heterocycles. The van der Waals surface area contributed by atoms with Crippen LogP contribution in [0.5, 0.6) is 23.1 Å². The molecule has 106 valence electrons. The zero-order valence-corrected chi connectivity index (χ0v) is 12.7. The van der Waals surface area contributed by atoms with E-state index in [-0.39, 0.29) is 6.61 Å². The summed E-state index contributed by atoms with van der Waals surface area (Å²) in [6.45, 7) is -0.181. The van der Waals surface area contributed by atoms with E-state index in [1.807, 2.05) is 0 Å². The van der Waals surface area contributed by atoms with Crippen LogP contribution in [0.3, 0.4) is 0 Å². The van der Waals surface area contributed by atoms with Crippen molar-refractivity contribution in [2.24, 2.45) is 0 Å². The topological polar surface area (TPSA) is 60.8 Å². The number of aliphatic hydroxyl groups is 1. The molecule has 2 aromatic rings. The van der Waals surface area contributed by atoms with Crippen LogP contribution in [0, 0.1) is 0 Å². The van der Waals surface area contributed by atoms with E-state index >= 15 is 0 Å². The first-order valence-corrected chi connectivity index (χ1v) is 6.63. The molecule has 0 saturated heterocycles. The number of aliphatic hydroxyl groups excluding tert-OH is 1. The summed E-state index contributed by atoms with van der Waals surface area (Å²) in [5.41, 5.74) is 0.562. The monoisotopic (exact) mass is 339 g/mol. The molecule has 0 aliphatic rings. The van der Waals surface area contributed by atoms with E-state index in [1.54, 1.807) is 44.7 Å². The number of para-hydroxylation sites is 1. The van der Waals surface area contributed by atoms with Gasteiger partial charge in [-0.2, -0.15) is 0 Å². The predicted octanol–water partition coefficient (Wildman–Crippen LogP) is 3.15. The molecule has 0 saturated carbocycles. The van der Waals surface area contributed by atoms with Gasteiger partial charge in [-0.15, -0.1) is 0 Å². The summed E-state index contributed by atoms with van der Waals surface area (Å²) in [6, 6.07) is 7.06. The molecule has 6 heteroatoms. The molecule has 0 atom stereocenters. The number of aromatic nitrogens is 1. The maximum Gasteiger partial charge on any atom is 0.225 e. The highest BCUT2D eigenvalue weighted by atomic mass is 79.9. The van der Waals surface area contributed by atoms with E-state index in [9.17, 15) is 5.11 Å². The van der Waals surface area contributed by atoms with E-state index in [2.05, 4.69) is 20.9 Å². The first-order valence-electron chi connectivity index (χ1n) is 5.83. The van der Waals surface area contributed by atoms with Crippen LogP contribution in [0.15, 0.2) is 34.9 Å². The SMILES string of the molecule is COc1cccc(OC)c1Oc1ncc(Br)cc1CO. The van der Waals surface area contributed by atoms with Crippen molar-refractivity contribution in [3.63, 3.8) is 0 Å². The average molecular weight is 340 g/mol. The van der Waals surface area contributed by atoms with Gasteiger partial charge in [0.25, 0.3) is 0 Å². The number of nitrogens with zero attached hydrogens (tertiary/aromatic N) is 1. The van der Waals surface area contributed by atoms with Gasteiger partial charge in [0.05, 0.1) is 20.8 Å². The smallest absolute Gasteiger partial charge is 0.225 e. The van der Waals surface area contributed by atoms with Crippen LogP contribution in [-0.2, 0) is 6.61 Å². The molecule has 0 amide bonds. The molecule has 1 aromatic heterocycles. The molecular weight excluding hydrogens is 326 g/mol. The van der Waals surface area contributed by atoms with Gasteiger partial charge in [0.15, 0.2) is 11.5 Å². The van der Waals surface area contributed by atoms with Crippen LogP contribution in [0.1, 0.15) is 5.56 Å². The Morgan fingerprint density at radius 2 is 1.85 bits per heavy atom. The van der Waals surface area contributed by atoms with Gasteiger partial charge in [-0.25, -0.2) is 4.98 Å². The minimum absolute atomic E-state index is 0.181. The average Bonchev–Trinajstić information content (AvgIpc) is 2.49. The summed E-state index contributed by atoms with van der Waals surface area (Å²) in [5.74, 6) is 1.77. The Balaban J connectivity index is 2.44. The highest BCUT2D eigenvalue weighted by Crippen LogP contribution is 2.40. The quantitative estimate of drug-likeness (QED) is 0.906. The van der Waals surface area contributed by atoms with Crippen LogP contribution >= 0.6 is 15.9 Å². The number of benzene rings is 1. The second kappa shape index (κ2) is 6.58. The molecule has 20 heavy (non-hydrogen) atoms. The molecule has 0 fully saturated rings. The number of pyridine rings is 1. The van der Waals surface area contributed by atoms with Crippen molar-refractivity contribution >= 4 is 15.9 Å². The molecule has 2 rings (SSSR count). The van der Waals surface area contributed by atoms with E-state index in [0.717, 1.165) is 4.47 Å². The molecule has 0 unspecified atom stereocenters. The number of hydrogen-bond donors (Lipinski definition) is 1. The fourth-order valence-corrected chi connectivity index (χ4v) is 2.07. The van der Waals surface area contributed by atoms with Crippen LogP contribution in [-0.4, -0.2) is 24.3 Å². The van der Waals surface area contributed by atoms with Gasteiger partial charge in [-0.05, 0) is 34.1 Å². The van der Waals surface area contributed by atoms with Crippen LogP contribution in [0.2, 0.25) is 0 Å². The Hall–Kier alpha value is -1.79. The van der Waals surface area contributed by atoms with Crippen molar-refractivity contribution in [3.8, 4) is 23.1 Å². The third-order valence-electron chi connectivity index (χ3n) is 2.64. The molecule has 1 aromatic carbocycles. The van der Waals surface area contributed by atoms with Crippen molar-refractivity contribution in [1.29, 1.82) is 0 Å². The van der Waals surface area contributed by atoms with Crippen molar-refractivity contribution in [2.75, 3.05) is 14.2 Å². The van der Waals surface area contributed by atoms with Crippen LogP contribution in [0.25, 0.3) is 0 Å². The lowest BCUT2D eigenvalue weighted by Gasteiger charge is -2.14. The highest BCUT2D eigenvalue weighted by molar-refractivity contribution is 9.10. The van der Waals surface area contributed by atoms with Gasteiger partial charge in [0.2, 0.25) is 11.6 Å². The second-order valence-electron chi connectivity index (χ2n) is 3.87. The number of rotatable bonds is 5. The minimum Gasteiger partial charge on any atom is -0.493 e. The third-order valence-corrected chi connectivity index (χ3v) is 3.08. The number of methoxy groups -OCH3 is 2. The van der Waals surface area contributed by atoms with Gasteiger partial charge in [0.1, 0.15) is 0 Å². The molecule has 0 aliphatic carbocycles. The zero-order valence-electron chi connectivity index (χ0n) is 11.1. The second-order valence-corrected chi connectivity index (χ2v) is 4.79. The molecule has 0 spiro atoms. The minimum atomic E-state index is -0.181. The number of ether oxygens (including phenoxy) is 3. The van der Waals surface area contributed by atoms with Crippen molar-refractivity contribution in [3.05, 3.63) is 40.5 Å². The van der Waals surface area contributed by atoms with E-state index in [1.165, 1.54) is 0 Å². The maximum atomic E-state index is 9.37. The Bertz CT molecular complexity index is 581. The lowest BCUT2D eigenvalue weighted by molar-refractivity contribution is 0.272. The Morgan fingerprint density at radius 3 is 2.40 bits per heavy atom. The zero-order chi connectivity index (χ0) is 14.5. The van der Waals surface area contributed by atoms with Gasteiger partial charge in [-0.3, -0.25) is 0 Å². The maximum absolute atomic E-state index is 9.37. The molecule has 1 N–H and O–H groups in total. The summed E-state index contributed by atoms with van der Waals surface area (Å²) in [6.07, 6.45) is 1.59. The Kier molecular flexibility index (Phi) is 4.81. The highest BCUT2D eigenvalue weighted by Gasteiger charge is 2.15. The van der Waals surface area contributed by atoms with Crippen molar-refractivity contribution < 1.29 is 19.3 Å². The first-order chi connectivity index (χ1) is 9.69.